The molecule has 0 saturated carbocycles. The molecular formula is C11H13N3O4. The molecule has 1 aromatic carbocycles. The van der Waals surface area contributed by atoms with Gasteiger partial charge in [0.1, 0.15) is 6.10 Å². The van der Waals surface area contributed by atoms with Crippen LogP contribution in [0.5, 0.6) is 5.75 Å². The second-order valence-electron chi connectivity index (χ2n) is 4.04. The number of benzene rings is 1. The molecule has 0 bridgehead atoms. The second kappa shape index (κ2) is 5.01. The van der Waals surface area contributed by atoms with E-state index in [0.29, 0.717) is 6.54 Å². The SMILES string of the molecule is NC(=O)c1ccc([N+](=O)[O-])c(OC2CCNC2)c1. The Morgan fingerprint density at radius 2 is 2.33 bits per heavy atom. The molecule has 0 aromatic heterocycles. The third-order valence-electron chi connectivity index (χ3n) is 2.75. The number of nitrogens with one attached hydrogen (secondary N) is 1. The summed E-state index contributed by atoms with van der Waals surface area (Å²) in [5.74, 6) is -0.552. The van der Waals surface area contributed by atoms with Gasteiger partial charge < -0.3 is 15.8 Å². The number of carbonyl (C=O) groups is 1. The molecule has 1 aliphatic heterocycles. The summed E-state index contributed by atoms with van der Waals surface area (Å²) in [5.41, 5.74) is 5.18. The van der Waals surface area contributed by atoms with Crippen LogP contribution < -0.4 is 15.8 Å². The fourth-order valence-electron chi connectivity index (χ4n) is 1.82. The normalized spacial score (nSPS) is 18.6. The fourth-order valence-corrected chi connectivity index (χ4v) is 1.82. The number of rotatable bonds is 4. The summed E-state index contributed by atoms with van der Waals surface area (Å²) >= 11 is 0. The number of nitrogens with two attached hydrogens (primary N) is 1. The van der Waals surface area contributed by atoms with Crippen molar-refractivity contribution in [3.05, 3.63) is 33.9 Å². The van der Waals surface area contributed by atoms with Gasteiger partial charge in [-0.25, -0.2) is 0 Å². The lowest BCUT2D eigenvalue weighted by molar-refractivity contribution is -0.386. The minimum absolute atomic E-state index is 0.0880. The van der Waals surface area contributed by atoms with Crippen molar-refractivity contribution >= 4 is 11.6 Å². The number of primary amides is 1. The van der Waals surface area contributed by atoms with Crippen molar-refractivity contribution in [2.24, 2.45) is 5.73 Å². The molecule has 1 saturated heterocycles. The molecule has 3 N–H and O–H groups in total. The Bertz CT molecular complexity index is 483. The van der Waals surface area contributed by atoms with Gasteiger partial charge in [0.15, 0.2) is 5.75 Å². The molecule has 2 rings (SSSR count). The molecule has 1 atom stereocenters. The molecule has 7 nitrogen and oxygen atoms in total. The first-order valence-corrected chi connectivity index (χ1v) is 5.53. The molecular weight excluding hydrogens is 238 g/mol. The van der Waals surface area contributed by atoms with Crippen molar-refractivity contribution in [1.29, 1.82) is 0 Å². The Kier molecular flexibility index (Phi) is 3.42. The van der Waals surface area contributed by atoms with Gasteiger partial charge in [0.25, 0.3) is 0 Å². The smallest absolute Gasteiger partial charge is 0.310 e. The molecule has 96 valence electrons. The number of amides is 1. The second-order valence-corrected chi connectivity index (χ2v) is 4.04. The van der Waals surface area contributed by atoms with Gasteiger partial charge in [0.2, 0.25) is 5.91 Å². The predicted octanol–water partition coefficient (Wildman–Crippen LogP) is 0.434. The summed E-state index contributed by atoms with van der Waals surface area (Å²) in [7, 11) is 0. The Morgan fingerprint density at radius 1 is 1.56 bits per heavy atom. The highest BCUT2D eigenvalue weighted by molar-refractivity contribution is 5.93. The highest BCUT2D eigenvalue weighted by atomic mass is 16.6. The maximum atomic E-state index is 11.1. The lowest BCUT2D eigenvalue weighted by Crippen LogP contribution is -2.20. The van der Waals surface area contributed by atoms with Crippen LogP contribution >= 0.6 is 0 Å². The zero-order valence-corrected chi connectivity index (χ0v) is 9.59. The summed E-state index contributed by atoms with van der Waals surface area (Å²) in [4.78, 5) is 21.4. The number of ether oxygens (including phenoxy) is 1. The van der Waals surface area contributed by atoms with E-state index in [9.17, 15) is 14.9 Å². The van der Waals surface area contributed by atoms with Crippen molar-refractivity contribution in [3.8, 4) is 5.75 Å². The Morgan fingerprint density at radius 3 is 2.89 bits per heavy atom. The van der Waals surface area contributed by atoms with Gasteiger partial charge in [-0.1, -0.05) is 0 Å². The molecule has 7 heteroatoms. The van der Waals surface area contributed by atoms with Gasteiger partial charge in [0, 0.05) is 24.2 Å². The van der Waals surface area contributed by atoms with E-state index in [2.05, 4.69) is 5.32 Å². The molecule has 1 aliphatic rings. The van der Waals surface area contributed by atoms with Gasteiger partial charge in [0.05, 0.1) is 4.92 Å². The summed E-state index contributed by atoms with van der Waals surface area (Å²) in [6.45, 7) is 1.45. The topological polar surface area (TPSA) is 107 Å². The van der Waals surface area contributed by atoms with E-state index in [1.165, 1.54) is 18.2 Å². The summed E-state index contributed by atoms with van der Waals surface area (Å²) < 4.78 is 5.55. The molecule has 1 unspecified atom stereocenters. The Hall–Kier alpha value is -2.15. The maximum absolute atomic E-state index is 11.1. The first-order valence-electron chi connectivity index (χ1n) is 5.53. The lowest BCUT2D eigenvalue weighted by atomic mass is 10.2. The van der Waals surface area contributed by atoms with Gasteiger partial charge in [-0.2, -0.15) is 0 Å². The van der Waals surface area contributed by atoms with Gasteiger partial charge in [-0.3, -0.25) is 14.9 Å². The van der Waals surface area contributed by atoms with E-state index in [0.717, 1.165) is 13.0 Å². The third kappa shape index (κ3) is 2.57. The van der Waals surface area contributed by atoms with Crippen molar-refractivity contribution < 1.29 is 14.5 Å². The first-order chi connectivity index (χ1) is 8.58. The Labute approximate surface area is 103 Å². The third-order valence-corrected chi connectivity index (χ3v) is 2.75. The van der Waals surface area contributed by atoms with Crippen molar-refractivity contribution in [2.45, 2.75) is 12.5 Å². The number of hydrogen-bond acceptors (Lipinski definition) is 5. The van der Waals surface area contributed by atoms with Crippen LogP contribution in [0, 0.1) is 10.1 Å². The van der Waals surface area contributed by atoms with Gasteiger partial charge >= 0.3 is 5.69 Å². The summed E-state index contributed by atoms with van der Waals surface area (Å²) in [6, 6.07) is 3.87. The van der Waals surface area contributed by atoms with E-state index in [1.807, 2.05) is 0 Å². The number of nitro benzene ring substituents is 1. The van der Waals surface area contributed by atoms with E-state index in [4.69, 9.17) is 10.5 Å². The minimum Gasteiger partial charge on any atom is -0.482 e. The number of nitrogens with zero attached hydrogens (tertiary/aromatic N) is 1. The van der Waals surface area contributed by atoms with E-state index in [1.54, 1.807) is 0 Å². The maximum Gasteiger partial charge on any atom is 0.310 e. The lowest BCUT2D eigenvalue weighted by Gasteiger charge is -2.12. The highest BCUT2D eigenvalue weighted by Gasteiger charge is 2.22. The van der Waals surface area contributed by atoms with Crippen LogP contribution in [-0.2, 0) is 0 Å². The molecule has 1 aromatic rings. The van der Waals surface area contributed by atoms with E-state index < -0.39 is 10.8 Å². The van der Waals surface area contributed by atoms with Crippen LogP contribution in [0.2, 0.25) is 0 Å². The molecule has 1 fully saturated rings. The van der Waals surface area contributed by atoms with Crippen molar-refractivity contribution in [3.63, 3.8) is 0 Å². The monoisotopic (exact) mass is 251 g/mol. The minimum atomic E-state index is -0.640. The average Bonchev–Trinajstić information content (AvgIpc) is 2.81. The van der Waals surface area contributed by atoms with Crippen LogP contribution in [0.1, 0.15) is 16.8 Å². The molecule has 1 amide bonds. The molecule has 0 radical (unpaired) electrons. The quantitative estimate of drug-likeness (QED) is 0.596. The Balaban J connectivity index is 2.30. The van der Waals surface area contributed by atoms with Crippen LogP contribution in [0.15, 0.2) is 18.2 Å². The van der Waals surface area contributed by atoms with Crippen LogP contribution in [-0.4, -0.2) is 30.0 Å². The summed E-state index contributed by atoms with van der Waals surface area (Å²) in [6.07, 6.45) is 0.657. The van der Waals surface area contributed by atoms with Crippen molar-refractivity contribution in [2.75, 3.05) is 13.1 Å². The zero-order valence-electron chi connectivity index (χ0n) is 9.59. The first kappa shape index (κ1) is 12.3. The number of hydrogen-bond donors (Lipinski definition) is 2. The van der Waals surface area contributed by atoms with Gasteiger partial charge in [-0.05, 0) is 19.0 Å². The standard InChI is InChI=1S/C11H13N3O4/c12-11(15)7-1-2-9(14(16)17)10(5-7)18-8-3-4-13-6-8/h1-2,5,8,13H,3-4,6H2,(H2,12,15). The fraction of sp³-hybridized carbons (Fsp3) is 0.364. The number of carbonyl (C=O) groups excluding carboxylic acids is 1. The van der Waals surface area contributed by atoms with E-state index in [-0.39, 0.29) is 23.1 Å². The number of nitro groups is 1. The largest absolute Gasteiger partial charge is 0.482 e. The van der Waals surface area contributed by atoms with Crippen LogP contribution in [0.3, 0.4) is 0 Å². The molecule has 18 heavy (non-hydrogen) atoms. The predicted molar refractivity (Wildman–Crippen MR) is 63.5 cm³/mol. The molecule has 1 heterocycles. The highest BCUT2D eigenvalue weighted by Crippen LogP contribution is 2.29. The van der Waals surface area contributed by atoms with Crippen molar-refractivity contribution in [1.82, 2.24) is 5.32 Å². The van der Waals surface area contributed by atoms with Crippen LogP contribution in [0.4, 0.5) is 5.69 Å². The van der Waals surface area contributed by atoms with Crippen LogP contribution in [0.25, 0.3) is 0 Å². The summed E-state index contributed by atoms with van der Waals surface area (Å²) in [5, 5.41) is 14.0. The van der Waals surface area contributed by atoms with Gasteiger partial charge in [-0.15, -0.1) is 0 Å². The average molecular weight is 251 g/mol. The van der Waals surface area contributed by atoms with E-state index >= 15 is 0 Å². The molecule has 0 spiro atoms. The molecule has 0 aliphatic carbocycles. The zero-order chi connectivity index (χ0) is 13.1.